The molecule has 2 heterocycles. The van der Waals surface area contributed by atoms with Crippen LogP contribution in [0.3, 0.4) is 0 Å². The molecule has 1 aromatic heterocycles. The van der Waals surface area contributed by atoms with Crippen LogP contribution >= 0.6 is 15.9 Å². The number of piperidine rings is 1. The first-order valence-electron chi connectivity index (χ1n) is 10.2. The molecule has 9 heteroatoms. The molecule has 2 atom stereocenters. The third-order valence-corrected chi connectivity index (χ3v) is 8.13. The van der Waals surface area contributed by atoms with Crippen molar-refractivity contribution in [2.24, 2.45) is 5.92 Å². The number of aromatic nitrogens is 1. The summed E-state index contributed by atoms with van der Waals surface area (Å²) in [6.07, 6.45) is 3.01. The molecule has 1 aliphatic heterocycles. The number of carbonyl (C=O) groups excluding carboxylic acids is 1. The number of hydrogen-bond acceptors (Lipinski definition) is 5. The second-order valence-electron chi connectivity index (χ2n) is 7.93. The average molecular weight is 498 g/mol. The van der Waals surface area contributed by atoms with E-state index in [4.69, 9.17) is 4.52 Å². The summed E-state index contributed by atoms with van der Waals surface area (Å²) in [6.45, 7) is 5.77. The minimum absolute atomic E-state index is 0.00990. The van der Waals surface area contributed by atoms with Gasteiger partial charge >= 0.3 is 0 Å². The second kappa shape index (κ2) is 9.62. The Bertz CT molecular complexity index is 969. The number of aryl methyl sites for hydroxylation is 3. The van der Waals surface area contributed by atoms with Crippen LogP contribution in [0.25, 0.3) is 0 Å². The van der Waals surface area contributed by atoms with Gasteiger partial charge in [0, 0.05) is 23.6 Å². The molecule has 0 radical (unpaired) electrons. The first-order valence-corrected chi connectivity index (χ1v) is 12.4. The number of sulfonamides is 1. The lowest BCUT2D eigenvalue weighted by Gasteiger charge is -2.31. The number of nitrogens with one attached hydrogen (secondary N) is 1. The highest BCUT2D eigenvalue weighted by atomic mass is 79.9. The maximum Gasteiger partial charge on any atom is 0.248 e. The van der Waals surface area contributed by atoms with Crippen molar-refractivity contribution in [1.29, 1.82) is 0 Å². The summed E-state index contributed by atoms with van der Waals surface area (Å²) in [5, 5.41) is 6.82. The van der Waals surface area contributed by atoms with Gasteiger partial charge in [0.15, 0.2) is 5.76 Å². The van der Waals surface area contributed by atoms with Gasteiger partial charge in [-0.25, -0.2) is 8.42 Å². The van der Waals surface area contributed by atoms with Gasteiger partial charge in [0.25, 0.3) is 0 Å². The Morgan fingerprint density at radius 3 is 2.67 bits per heavy atom. The van der Waals surface area contributed by atoms with Crippen molar-refractivity contribution < 1.29 is 17.7 Å². The lowest BCUT2D eigenvalue weighted by molar-refractivity contribution is -0.126. The molecule has 1 amide bonds. The van der Waals surface area contributed by atoms with Gasteiger partial charge in [-0.3, -0.25) is 4.79 Å². The van der Waals surface area contributed by atoms with Gasteiger partial charge in [-0.15, -0.1) is 0 Å². The molecular weight excluding hydrogens is 470 g/mol. The summed E-state index contributed by atoms with van der Waals surface area (Å²) in [5.74, 6) is -0.165. The molecule has 1 saturated heterocycles. The van der Waals surface area contributed by atoms with Crippen LogP contribution in [-0.4, -0.2) is 42.9 Å². The molecule has 30 heavy (non-hydrogen) atoms. The molecule has 0 spiro atoms. The highest BCUT2D eigenvalue weighted by molar-refractivity contribution is 9.10. The topological polar surface area (TPSA) is 92.5 Å². The molecule has 7 nitrogen and oxygen atoms in total. The molecule has 1 aromatic carbocycles. The standard InChI is InChI=1S/C21H28BrN3O4S/c1-14(6-7-17-8-10-19(22)11-9-17)23-21(26)18-5-4-12-25(13-18)30(27,28)20-15(2)24-29-16(20)3/h8-11,14,18H,4-7,12-13H2,1-3H3,(H,23,26). The summed E-state index contributed by atoms with van der Waals surface area (Å²) < 4.78 is 33.6. The van der Waals surface area contributed by atoms with E-state index in [1.54, 1.807) is 13.8 Å². The summed E-state index contributed by atoms with van der Waals surface area (Å²) in [4.78, 5) is 12.9. The molecule has 2 unspecified atom stereocenters. The van der Waals surface area contributed by atoms with Crippen molar-refractivity contribution in [3.63, 3.8) is 0 Å². The predicted octanol–water partition coefficient (Wildman–Crippen LogP) is 3.59. The maximum absolute atomic E-state index is 13.1. The highest BCUT2D eigenvalue weighted by Gasteiger charge is 2.36. The van der Waals surface area contributed by atoms with E-state index in [1.807, 2.05) is 19.1 Å². The van der Waals surface area contributed by atoms with E-state index in [-0.39, 0.29) is 35.1 Å². The van der Waals surface area contributed by atoms with Gasteiger partial charge in [-0.2, -0.15) is 4.31 Å². The molecule has 1 fully saturated rings. The van der Waals surface area contributed by atoms with E-state index >= 15 is 0 Å². The van der Waals surface area contributed by atoms with Gasteiger partial charge in [0.05, 0.1) is 5.92 Å². The van der Waals surface area contributed by atoms with Gasteiger partial charge in [0.2, 0.25) is 15.9 Å². The minimum Gasteiger partial charge on any atom is -0.360 e. The van der Waals surface area contributed by atoms with Crippen molar-refractivity contribution in [3.8, 4) is 0 Å². The fourth-order valence-corrected chi connectivity index (χ4v) is 5.89. The van der Waals surface area contributed by atoms with Crippen molar-refractivity contribution >= 4 is 31.9 Å². The molecule has 164 valence electrons. The quantitative estimate of drug-likeness (QED) is 0.630. The normalized spacial score (nSPS) is 18.9. The Kier molecular flexibility index (Phi) is 7.36. The van der Waals surface area contributed by atoms with Crippen LogP contribution in [0.2, 0.25) is 0 Å². The molecular formula is C21H28BrN3O4S. The molecule has 3 rings (SSSR count). The van der Waals surface area contributed by atoms with Crippen LogP contribution in [0, 0.1) is 19.8 Å². The summed E-state index contributed by atoms with van der Waals surface area (Å²) in [7, 11) is -3.73. The van der Waals surface area contributed by atoms with Crippen molar-refractivity contribution in [1.82, 2.24) is 14.8 Å². The SMILES string of the molecule is Cc1noc(C)c1S(=O)(=O)N1CCCC(C(=O)NC(C)CCc2ccc(Br)cc2)C1. The van der Waals surface area contributed by atoms with Crippen molar-refractivity contribution in [3.05, 3.63) is 45.8 Å². The van der Waals surface area contributed by atoms with E-state index in [0.717, 1.165) is 17.3 Å². The van der Waals surface area contributed by atoms with Crippen LogP contribution in [0.15, 0.2) is 38.2 Å². The Morgan fingerprint density at radius 1 is 1.33 bits per heavy atom. The van der Waals surface area contributed by atoms with Gasteiger partial charge in [-0.1, -0.05) is 33.2 Å². The molecule has 0 bridgehead atoms. The lowest BCUT2D eigenvalue weighted by atomic mass is 9.98. The molecule has 1 N–H and O–H groups in total. The maximum atomic E-state index is 13.1. The number of rotatable bonds is 7. The molecule has 0 aliphatic carbocycles. The third-order valence-electron chi connectivity index (χ3n) is 5.49. The zero-order valence-electron chi connectivity index (χ0n) is 17.5. The zero-order valence-corrected chi connectivity index (χ0v) is 19.9. The monoisotopic (exact) mass is 497 g/mol. The zero-order chi connectivity index (χ0) is 21.9. The van der Waals surface area contributed by atoms with Crippen LogP contribution in [0.5, 0.6) is 0 Å². The molecule has 1 aliphatic rings. The van der Waals surface area contributed by atoms with Crippen molar-refractivity contribution in [2.75, 3.05) is 13.1 Å². The second-order valence-corrected chi connectivity index (χ2v) is 10.7. The van der Waals surface area contributed by atoms with E-state index in [1.165, 1.54) is 9.87 Å². The van der Waals surface area contributed by atoms with Gasteiger partial charge < -0.3 is 9.84 Å². The Morgan fingerprint density at radius 2 is 2.03 bits per heavy atom. The van der Waals surface area contributed by atoms with Crippen LogP contribution < -0.4 is 5.32 Å². The number of benzene rings is 1. The van der Waals surface area contributed by atoms with Crippen LogP contribution in [0.4, 0.5) is 0 Å². The van der Waals surface area contributed by atoms with Crippen LogP contribution in [0.1, 0.15) is 43.2 Å². The summed E-state index contributed by atoms with van der Waals surface area (Å²) in [5.41, 5.74) is 1.56. The third kappa shape index (κ3) is 5.31. The minimum atomic E-state index is -3.73. The Labute approximate surface area is 186 Å². The lowest BCUT2D eigenvalue weighted by Crippen LogP contribution is -2.47. The fourth-order valence-electron chi connectivity index (χ4n) is 3.81. The van der Waals surface area contributed by atoms with E-state index in [9.17, 15) is 13.2 Å². The number of halogens is 1. The molecule has 0 saturated carbocycles. The van der Waals surface area contributed by atoms with E-state index < -0.39 is 10.0 Å². The number of carbonyl (C=O) groups is 1. The predicted molar refractivity (Wildman–Crippen MR) is 118 cm³/mol. The van der Waals surface area contributed by atoms with Crippen molar-refractivity contribution in [2.45, 2.75) is 57.4 Å². The first-order chi connectivity index (χ1) is 14.2. The van der Waals surface area contributed by atoms with E-state index in [2.05, 4.69) is 38.5 Å². The molecule has 2 aromatic rings. The number of amides is 1. The van der Waals surface area contributed by atoms with Gasteiger partial charge in [0.1, 0.15) is 10.6 Å². The van der Waals surface area contributed by atoms with E-state index in [0.29, 0.717) is 25.1 Å². The summed E-state index contributed by atoms with van der Waals surface area (Å²) >= 11 is 3.43. The largest absolute Gasteiger partial charge is 0.360 e. The number of hydrogen-bond donors (Lipinski definition) is 1. The van der Waals surface area contributed by atoms with Gasteiger partial charge in [-0.05, 0) is 64.2 Å². The smallest absolute Gasteiger partial charge is 0.248 e. The highest BCUT2D eigenvalue weighted by Crippen LogP contribution is 2.28. The first kappa shape index (κ1) is 23.0. The van der Waals surface area contributed by atoms with Crippen LogP contribution in [-0.2, 0) is 21.2 Å². The Balaban J connectivity index is 1.58. The fraction of sp³-hybridized carbons (Fsp3) is 0.524. The number of nitrogens with zero attached hydrogens (tertiary/aromatic N) is 2. The average Bonchev–Trinajstić information content (AvgIpc) is 3.06. The Hall–Kier alpha value is -1.71. The summed E-state index contributed by atoms with van der Waals surface area (Å²) in [6, 6.07) is 8.16.